The average Bonchev–Trinajstić information content (AvgIpc) is 2.52. The normalized spacial score (nSPS) is 24.7. The van der Waals surface area contributed by atoms with Crippen LogP contribution in [0.4, 0.5) is 4.39 Å². The quantitative estimate of drug-likeness (QED) is 0.889. The molecule has 0 aliphatic carbocycles. The molecule has 0 spiro atoms. The first kappa shape index (κ1) is 17.5. The zero-order chi connectivity index (χ0) is 18.2. The van der Waals surface area contributed by atoms with Crippen LogP contribution in [0.5, 0.6) is 11.6 Å². The molecular formula is C18H23FN4O2. The van der Waals surface area contributed by atoms with Crippen molar-refractivity contribution < 1.29 is 14.2 Å². The number of halogens is 1. The summed E-state index contributed by atoms with van der Waals surface area (Å²) in [5, 5.41) is 21.2. The van der Waals surface area contributed by atoms with Crippen LogP contribution in [0.2, 0.25) is 0 Å². The summed E-state index contributed by atoms with van der Waals surface area (Å²) in [4.78, 5) is 4.08. The van der Waals surface area contributed by atoms with Crippen LogP contribution in [0.3, 0.4) is 0 Å². The first-order valence-corrected chi connectivity index (χ1v) is 8.26. The lowest BCUT2D eigenvalue weighted by molar-refractivity contribution is -0.0281. The highest BCUT2D eigenvalue weighted by Crippen LogP contribution is 2.33. The van der Waals surface area contributed by atoms with E-state index in [-0.39, 0.29) is 17.2 Å². The molecule has 2 aromatic heterocycles. The van der Waals surface area contributed by atoms with Gasteiger partial charge in [0.1, 0.15) is 23.2 Å². The number of ether oxygens (including phenoxy) is 1. The topological polar surface area (TPSA) is 80.2 Å². The van der Waals surface area contributed by atoms with E-state index < -0.39 is 17.8 Å². The largest absolute Gasteiger partial charge is 0.506 e. The minimum Gasteiger partial charge on any atom is -0.506 e. The lowest BCUT2D eigenvalue weighted by Crippen LogP contribution is -2.66. The van der Waals surface area contributed by atoms with Crippen molar-refractivity contribution in [1.29, 1.82) is 0 Å². The molecule has 2 atom stereocenters. The van der Waals surface area contributed by atoms with Gasteiger partial charge in [-0.3, -0.25) is 4.98 Å². The minimum absolute atomic E-state index is 0.0242. The van der Waals surface area contributed by atoms with E-state index in [0.29, 0.717) is 17.8 Å². The van der Waals surface area contributed by atoms with Crippen LogP contribution in [0, 0.1) is 0 Å². The van der Waals surface area contributed by atoms with E-state index >= 15 is 0 Å². The standard InChI is InChI=1S/C18H23FN4O2/c1-17(2)10-13(16(19)18(3,4)23-17)25-14-8-7-11(21-22-14)15-12(24)6-5-9-20-15/h5-9,13,16,23-24H,10H2,1-4H3/t13-,16-/m0/s1. The van der Waals surface area contributed by atoms with Crippen LogP contribution >= 0.6 is 0 Å². The van der Waals surface area contributed by atoms with E-state index in [1.54, 1.807) is 24.4 Å². The smallest absolute Gasteiger partial charge is 0.233 e. The second kappa shape index (κ2) is 6.22. The average molecular weight is 346 g/mol. The van der Waals surface area contributed by atoms with E-state index in [4.69, 9.17) is 4.74 Å². The summed E-state index contributed by atoms with van der Waals surface area (Å²) in [6.45, 7) is 7.70. The Morgan fingerprint density at radius 1 is 1.20 bits per heavy atom. The van der Waals surface area contributed by atoms with Crippen LogP contribution < -0.4 is 10.1 Å². The molecule has 1 saturated heterocycles. The number of piperidine rings is 1. The molecule has 0 unspecified atom stereocenters. The number of rotatable bonds is 3. The Kier molecular flexibility index (Phi) is 4.36. The highest BCUT2D eigenvalue weighted by atomic mass is 19.1. The first-order valence-electron chi connectivity index (χ1n) is 8.26. The number of pyridine rings is 1. The predicted molar refractivity (Wildman–Crippen MR) is 92.2 cm³/mol. The van der Waals surface area contributed by atoms with Gasteiger partial charge in [-0.15, -0.1) is 10.2 Å². The van der Waals surface area contributed by atoms with E-state index in [1.165, 1.54) is 6.07 Å². The maximum Gasteiger partial charge on any atom is 0.233 e. The third-order valence-electron chi connectivity index (χ3n) is 4.33. The predicted octanol–water partition coefficient (Wildman–Crippen LogP) is 2.88. The van der Waals surface area contributed by atoms with Crippen molar-refractivity contribution in [1.82, 2.24) is 20.5 Å². The number of nitrogens with zero attached hydrogens (tertiary/aromatic N) is 3. The maximum atomic E-state index is 14.8. The fourth-order valence-electron chi connectivity index (χ4n) is 3.42. The molecule has 1 aliphatic heterocycles. The van der Waals surface area contributed by atoms with Crippen molar-refractivity contribution in [2.24, 2.45) is 0 Å². The van der Waals surface area contributed by atoms with Crippen molar-refractivity contribution in [3.63, 3.8) is 0 Å². The van der Waals surface area contributed by atoms with Gasteiger partial charge >= 0.3 is 0 Å². The van der Waals surface area contributed by atoms with Gasteiger partial charge in [0.05, 0.1) is 0 Å². The van der Waals surface area contributed by atoms with Crippen LogP contribution in [-0.4, -0.2) is 43.6 Å². The van der Waals surface area contributed by atoms with Crippen molar-refractivity contribution in [3.05, 3.63) is 30.5 Å². The molecule has 0 amide bonds. The highest BCUT2D eigenvalue weighted by molar-refractivity contribution is 5.61. The lowest BCUT2D eigenvalue weighted by atomic mass is 9.79. The Hall–Kier alpha value is -2.28. The Balaban J connectivity index is 1.78. The molecule has 7 heteroatoms. The Labute approximate surface area is 146 Å². The van der Waals surface area contributed by atoms with E-state index in [0.717, 1.165) is 0 Å². The SMILES string of the molecule is CC1(C)C[C@H](Oc2ccc(-c3ncccc3O)nn2)[C@H](F)C(C)(C)N1. The zero-order valence-electron chi connectivity index (χ0n) is 14.8. The van der Waals surface area contributed by atoms with Crippen molar-refractivity contribution in [3.8, 4) is 23.0 Å². The van der Waals surface area contributed by atoms with Gasteiger partial charge in [0, 0.05) is 29.8 Å². The molecule has 0 radical (unpaired) electrons. The highest BCUT2D eigenvalue weighted by Gasteiger charge is 2.47. The molecule has 0 bridgehead atoms. The molecule has 3 heterocycles. The lowest BCUT2D eigenvalue weighted by Gasteiger charge is -2.48. The second-order valence-electron chi connectivity index (χ2n) is 7.62. The molecule has 0 aromatic carbocycles. The molecule has 25 heavy (non-hydrogen) atoms. The van der Waals surface area contributed by atoms with E-state index in [1.807, 2.05) is 27.7 Å². The molecule has 6 nitrogen and oxygen atoms in total. The van der Waals surface area contributed by atoms with Gasteiger partial charge in [-0.25, -0.2) is 4.39 Å². The number of alkyl halides is 1. The molecule has 1 fully saturated rings. The molecule has 2 N–H and O–H groups in total. The summed E-state index contributed by atoms with van der Waals surface area (Å²) in [5.41, 5.74) is -0.175. The number of aromatic nitrogens is 3. The molecule has 134 valence electrons. The molecule has 0 saturated carbocycles. The number of hydrogen-bond donors (Lipinski definition) is 2. The Bertz CT molecular complexity index is 749. The summed E-state index contributed by atoms with van der Waals surface area (Å²) >= 11 is 0. The maximum absolute atomic E-state index is 14.8. The van der Waals surface area contributed by atoms with Gasteiger partial charge in [0.25, 0.3) is 0 Å². The van der Waals surface area contributed by atoms with Gasteiger partial charge in [0.15, 0.2) is 6.17 Å². The van der Waals surface area contributed by atoms with Gasteiger partial charge in [-0.2, -0.15) is 0 Å². The first-order chi connectivity index (χ1) is 11.7. The Morgan fingerprint density at radius 2 is 1.96 bits per heavy atom. The van der Waals surface area contributed by atoms with Crippen molar-refractivity contribution in [2.45, 2.75) is 57.5 Å². The third-order valence-corrected chi connectivity index (χ3v) is 4.33. The fraction of sp³-hybridized carbons (Fsp3) is 0.500. The molecule has 2 aromatic rings. The second-order valence-corrected chi connectivity index (χ2v) is 7.62. The monoisotopic (exact) mass is 346 g/mol. The van der Waals surface area contributed by atoms with Crippen LogP contribution in [0.15, 0.2) is 30.5 Å². The minimum atomic E-state index is -1.18. The van der Waals surface area contributed by atoms with Crippen molar-refractivity contribution >= 4 is 0 Å². The van der Waals surface area contributed by atoms with Crippen LogP contribution in [-0.2, 0) is 0 Å². The number of nitrogens with one attached hydrogen (secondary N) is 1. The number of aromatic hydroxyl groups is 1. The van der Waals surface area contributed by atoms with Gasteiger partial charge < -0.3 is 15.2 Å². The third kappa shape index (κ3) is 3.71. The summed E-state index contributed by atoms with van der Waals surface area (Å²) in [7, 11) is 0. The van der Waals surface area contributed by atoms with Crippen LogP contribution in [0.25, 0.3) is 11.4 Å². The van der Waals surface area contributed by atoms with E-state index in [2.05, 4.69) is 20.5 Å². The van der Waals surface area contributed by atoms with Gasteiger partial charge in [-0.05, 0) is 45.9 Å². The summed E-state index contributed by atoms with van der Waals surface area (Å²) in [6, 6.07) is 6.42. The molecule has 1 aliphatic rings. The van der Waals surface area contributed by atoms with Gasteiger partial charge in [-0.1, -0.05) is 0 Å². The number of hydrogen-bond acceptors (Lipinski definition) is 6. The Morgan fingerprint density at radius 3 is 2.60 bits per heavy atom. The van der Waals surface area contributed by atoms with Crippen LogP contribution in [0.1, 0.15) is 34.1 Å². The summed E-state index contributed by atoms with van der Waals surface area (Å²) in [5.74, 6) is 0.275. The van der Waals surface area contributed by atoms with Crippen molar-refractivity contribution in [2.75, 3.05) is 0 Å². The summed E-state index contributed by atoms with van der Waals surface area (Å²) in [6.07, 6.45) is 0.285. The van der Waals surface area contributed by atoms with E-state index in [9.17, 15) is 9.50 Å². The molecular weight excluding hydrogens is 323 g/mol. The summed E-state index contributed by atoms with van der Waals surface area (Å²) < 4.78 is 20.6. The zero-order valence-corrected chi connectivity index (χ0v) is 14.8. The van der Waals surface area contributed by atoms with Gasteiger partial charge in [0.2, 0.25) is 5.88 Å². The molecule has 3 rings (SSSR count). The fourth-order valence-corrected chi connectivity index (χ4v) is 3.42.